The summed E-state index contributed by atoms with van der Waals surface area (Å²) in [5.41, 5.74) is 0.142. The topological polar surface area (TPSA) is 17.1 Å². The Morgan fingerprint density at radius 1 is 1.09 bits per heavy atom. The minimum absolute atomic E-state index is 0.0659. The van der Waals surface area contributed by atoms with Crippen LogP contribution in [-0.4, -0.2) is 12.5 Å². The number of rotatable bonds is 1. The molecule has 0 aliphatic rings. The molecule has 58 valence electrons. The molecule has 0 saturated heterocycles. The molecule has 1 aromatic carbocycles. The SMILES string of the molecule is C[S+](C)c1cccccc1=O. The fraction of sp³-hybridized carbons (Fsp3) is 0.222. The molecule has 2 heteroatoms. The monoisotopic (exact) mass is 167 g/mol. The average Bonchev–Trinajstić information content (AvgIpc) is 2.13. The quantitative estimate of drug-likeness (QED) is 0.576. The molecule has 0 saturated carbocycles. The van der Waals surface area contributed by atoms with E-state index in [1.165, 1.54) is 0 Å². The zero-order valence-electron chi connectivity index (χ0n) is 6.70. The molecule has 1 rings (SSSR count). The van der Waals surface area contributed by atoms with Gasteiger partial charge in [-0.15, -0.1) is 0 Å². The standard InChI is InChI=1S/C9H11OS/c1-11(2)9-7-5-3-4-6-8(9)10/h3-7H,1-2H3/q+1. The zero-order chi connectivity index (χ0) is 8.27. The Morgan fingerprint density at radius 2 is 1.73 bits per heavy atom. The summed E-state index contributed by atoms with van der Waals surface area (Å²) in [5.74, 6) is 0. The molecule has 1 nitrogen and oxygen atoms in total. The van der Waals surface area contributed by atoms with Crippen LogP contribution in [0.25, 0.3) is 0 Å². The molecule has 1 aromatic rings. The number of hydrogen-bond acceptors (Lipinski definition) is 1. The van der Waals surface area contributed by atoms with Gasteiger partial charge in [-0.3, -0.25) is 4.79 Å². The largest absolute Gasteiger partial charge is 0.284 e. The lowest BCUT2D eigenvalue weighted by Gasteiger charge is -1.87. The van der Waals surface area contributed by atoms with Crippen molar-refractivity contribution in [3.8, 4) is 0 Å². The van der Waals surface area contributed by atoms with Crippen LogP contribution in [0.2, 0.25) is 0 Å². The molecule has 0 heterocycles. The van der Waals surface area contributed by atoms with Gasteiger partial charge in [0.2, 0.25) is 10.3 Å². The highest BCUT2D eigenvalue weighted by Gasteiger charge is 2.09. The van der Waals surface area contributed by atoms with Crippen molar-refractivity contribution in [2.75, 3.05) is 12.5 Å². The van der Waals surface area contributed by atoms with E-state index in [-0.39, 0.29) is 16.3 Å². The fourth-order valence-electron chi connectivity index (χ4n) is 0.852. The third-order valence-corrected chi connectivity index (χ3v) is 2.62. The van der Waals surface area contributed by atoms with Gasteiger partial charge in [-0.05, 0) is 12.1 Å². The summed E-state index contributed by atoms with van der Waals surface area (Å²) in [6.45, 7) is 0. The number of hydrogen-bond donors (Lipinski definition) is 0. The lowest BCUT2D eigenvalue weighted by Crippen LogP contribution is -2.08. The first kappa shape index (κ1) is 8.34. The Balaban J connectivity index is 3.29. The predicted molar refractivity (Wildman–Crippen MR) is 50.2 cm³/mol. The first-order chi connectivity index (χ1) is 5.22. The van der Waals surface area contributed by atoms with Crippen molar-refractivity contribution >= 4 is 10.9 Å². The van der Waals surface area contributed by atoms with Crippen LogP contribution in [0, 0.1) is 0 Å². The minimum atomic E-state index is 0.0659. The van der Waals surface area contributed by atoms with E-state index in [1.807, 2.05) is 18.2 Å². The molecule has 0 atom stereocenters. The summed E-state index contributed by atoms with van der Waals surface area (Å²) < 4.78 is 0. The second kappa shape index (κ2) is 3.58. The summed E-state index contributed by atoms with van der Waals surface area (Å²) in [5, 5.41) is 0. The van der Waals surface area contributed by atoms with E-state index in [0.717, 1.165) is 4.90 Å². The smallest absolute Gasteiger partial charge is 0.233 e. The first-order valence-corrected chi connectivity index (χ1v) is 5.43. The van der Waals surface area contributed by atoms with Crippen LogP contribution in [0.1, 0.15) is 0 Å². The highest BCUT2D eigenvalue weighted by molar-refractivity contribution is 7.95. The van der Waals surface area contributed by atoms with E-state index in [2.05, 4.69) is 12.5 Å². The molecule has 0 spiro atoms. The van der Waals surface area contributed by atoms with Crippen LogP contribution in [-0.2, 0) is 10.9 Å². The molecule has 0 N–H and O–H groups in total. The Kier molecular flexibility index (Phi) is 2.71. The molecule has 0 aliphatic heterocycles. The van der Waals surface area contributed by atoms with E-state index in [1.54, 1.807) is 12.1 Å². The van der Waals surface area contributed by atoms with Crippen molar-refractivity contribution < 1.29 is 0 Å². The fourth-order valence-corrected chi connectivity index (χ4v) is 1.67. The lowest BCUT2D eigenvalue weighted by molar-refractivity contribution is 1.40. The first-order valence-electron chi connectivity index (χ1n) is 3.39. The summed E-state index contributed by atoms with van der Waals surface area (Å²) in [6.07, 6.45) is 4.10. The summed E-state index contributed by atoms with van der Waals surface area (Å²) in [4.78, 5) is 12.2. The Hall–Kier alpha value is -0.760. The van der Waals surface area contributed by atoms with E-state index in [9.17, 15) is 4.79 Å². The van der Waals surface area contributed by atoms with Gasteiger partial charge in [0, 0.05) is 10.9 Å². The van der Waals surface area contributed by atoms with Crippen LogP contribution in [0.3, 0.4) is 0 Å². The van der Waals surface area contributed by atoms with Crippen LogP contribution in [0.15, 0.2) is 40.0 Å². The van der Waals surface area contributed by atoms with Gasteiger partial charge in [0.1, 0.15) is 12.5 Å². The second-order valence-electron chi connectivity index (χ2n) is 2.46. The molecule has 0 aliphatic carbocycles. The second-order valence-corrected chi connectivity index (χ2v) is 4.53. The van der Waals surface area contributed by atoms with Crippen LogP contribution >= 0.6 is 0 Å². The van der Waals surface area contributed by atoms with Crippen molar-refractivity contribution in [2.24, 2.45) is 0 Å². The van der Waals surface area contributed by atoms with Gasteiger partial charge < -0.3 is 0 Å². The summed E-state index contributed by atoms with van der Waals surface area (Å²) in [7, 11) is 0.0659. The molecule has 11 heavy (non-hydrogen) atoms. The van der Waals surface area contributed by atoms with Crippen molar-refractivity contribution in [3.63, 3.8) is 0 Å². The van der Waals surface area contributed by atoms with E-state index >= 15 is 0 Å². The van der Waals surface area contributed by atoms with E-state index in [0.29, 0.717) is 0 Å². The molecule has 0 bridgehead atoms. The van der Waals surface area contributed by atoms with Gasteiger partial charge >= 0.3 is 0 Å². The summed E-state index contributed by atoms with van der Waals surface area (Å²) in [6, 6.07) is 9.06. The Morgan fingerprint density at radius 3 is 2.36 bits per heavy atom. The normalized spacial score (nSPS) is 10.1. The molecule has 0 radical (unpaired) electrons. The molecular formula is C9H11OS+. The maximum Gasteiger partial charge on any atom is 0.233 e. The van der Waals surface area contributed by atoms with Crippen molar-refractivity contribution in [2.45, 2.75) is 4.90 Å². The van der Waals surface area contributed by atoms with E-state index in [4.69, 9.17) is 0 Å². The van der Waals surface area contributed by atoms with Gasteiger partial charge in [0.05, 0.1) is 0 Å². The lowest BCUT2D eigenvalue weighted by atomic mass is 10.5. The predicted octanol–water partition coefficient (Wildman–Crippen LogP) is 1.28. The average molecular weight is 167 g/mol. The Labute approximate surface area is 69.4 Å². The molecular weight excluding hydrogens is 156 g/mol. The van der Waals surface area contributed by atoms with Gasteiger partial charge in [-0.1, -0.05) is 18.2 Å². The van der Waals surface area contributed by atoms with Crippen molar-refractivity contribution in [3.05, 3.63) is 40.6 Å². The van der Waals surface area contributed by atoms with Gasteiger partial charge in [0.25, 0.3) is 0 Å². The van der Waals surface area contributed by atoms with Gasteiger partial charge in [-0.2, -0.15) is 0 Å². The molecule has 0 unspecified atom stereocenters. The maximum atomic E-state index is 11.3. The van der Waals surface area contributed by atoms with Crippen molar-refractivity contribution in [1.29, 1.82) is 0 Å². The third-order valence-electron chi connectivity index (χ3n) is 1.40. The zero-order valence-corrected chi connectivity index (χ0v) is 7.52. The minimum Gasteiger partial charge on any atom is -0.284 e. The molecule has 0 aromatic heterocycles. The van der Waals surface area contributed by atoms with Crippen LogP contribution in [0.5, 0.6) is 0 Å². The third kappa shape index (κ3) is 2.09. The summed E-state index contributed by atoms with van der Waals surface area (Å²) >= 11 is 0. The van der Waals surface area contributed by atoms with Crippen LogP contribution < -0.4 is 5.43 Å². The van der Waals surface area contributed by atoms with E-state index < -0.39 is 0 Å². The highest BCUT2D eigenvalue weighted by atomic mass is 32.2. The molecule has 0 amide bonds. The van der Waals surface area contributed by atoms with Crippen LogP contribution in [0.4, 0.5) is 0 Å². The van der Waals surface area contributed by atoms with Gasteiger partial charge in [-0.25, -0.2) is 0 Å². The van der Waals surface area contributed by atoms with Gasteiger partial charge in [0.15, 0.2) is 0 Å². The Bertz CT molecular complexity index is 294. The van der Waals surface area contributed by atoms with Crippen molar-refractivity contribution in [1.82, 2.24) is 0 Å². The highest BCUT2D eigenvalue weighted by Crippen LogP contribution is 1.99. The molecule has 0 fully saturated rings. The maximum absolute atomic E-state index is 11.3.